The number of nitrogens with one attached hydrogen (secondary N) is 1. The van der Waals surface area contributed by atoms with Gasteiger partial charge in [-0.3, -0.25) is 0 Å². The minimum atomic E-state index is -0.106. The maximum atomic E-state index is 12.3. The highest BCUT2D eigenvalue weighted by molar-refractivity contribution is 6.30. The number of carbonyl (C=O) groups is 1. The molecule has 0 atom stereocenters. The summed E-state index contributed by atoms with van der Waals surface area (Å²) in [6.45, 7) is 1.29. The third-order valence-corrected chi connectivity index (χ3v) is 3.88. The Bertz CT molecular complexity index is 670. The first kappa shape index (κ1) is 13.8. The molecule has 0 fully saturated rings. The Balaban J connectivity index is 1.70. The van der Waals surface area contributed by atoms with Gasteiger partial charge in [0, 0.05) is 29.5 Å². The number of anilines is 2. The van der Waals surface area contributed by atoms with Crippen molar-refractivity contribution in [2.75, 3.05) is 17.6 Å². The van der Waals surface area contributed by atoms with Crippen LogP contribution >= 0.6 is 11.6 Å². The molecule has 0 spiro atoms. The number of amides is 2. The van der Waals surface area contributed by atoms with Gasteiger partial charge in [-0.2, -0.15) is 0 Å². The largest absolute Gasteiger partial charge is 0.399 e. The highest BCUT2D eigenvalue weighted by Crippen LogP contribution is 2.22. The average Bonchev–Trinajstić information content (AvgIpc) is 2.48. The van der Waals surface area contributed by atoms with E-state index in [9.17, 15) is 4.79 Å². The van der Waals surface area contributed by atoms with Crippen LogP contribution in [0.1, 0.15) is 11.1 Å². The summed E-state index contributed by atoms with van der Waals surface area (Å²) < 4.78 is 0. The van der Waals surface area contributed by atoms with Crippen LogP contribution in [0.15, 0.2) is 42.5 Å². The standard InChI is InChI=1S/C16H16ClN3O/c17-13-2-5-15(6-3-13)19-16(21)20-8-7-11-1-4-14(18)9-12(11)10-20/h1-6,9H,7-8,10,18H2,(H,19,21). The molecule has 0 aliphatic carbocycles. The van der Waals surface area contributed by atoms with Gasteiger partial charge in [-0.1, -0.05) is 17.7 Å². The van der Waals surface area contributed by atoms with Crippen molar-refractivity contribution in [1.29, 1.82) is 0 Å². The fourth-order valence-corrected chi connectivity index (χ4v) is 2.61. The van der Waals surface area contributed by atoms with Crippen LogP contribution in [-0.2, 0) is 13.0 Å². The van der Waals surface area contributed by atoms with Crippen molar-refractivity contribution >= 4 is 29.0 Å². The minimum absolute atomic E-state index is 0.106. The number of nitrogens with two attached hydrogens (primary N) is 1. The zero-order valence-electron chi connectivity index (χ0n) is 11.5. The van der Waals surface area contributed by atoms with Crippen molar-refractivity contribution in [2.45, 2.75) is 13.0 Å². The lowest BCUT2D eigenvalue weighted by Crippen LogP contribution is -2.38. The summed E-state index contributed by atoms with van der Waals surface area (Å²) >= 11 is 5.83. The zero-order chi connectivity index (χ0) is 14.8. The molecule has 2 aromatic rings. The SMILES string of the molecule is Nc1ccc2c(c1)CN(C(=O)Nc1ccc(Cl)cc1)CC2. The maximum Gasteiger partial charge on any atom is 0.322 e. The van der Waals surface area contributed by atoms with E-state index in [4.69, 9.17) is 17.3 Å². The molecule has 3 N–H and O–H groups in total. The average molecular weight is 302 g/mol. The van der Waals surface area contributed by atoms with Crippen LogP contribution in [-0.4, -0.2) is 17.5 Å². The van der Waals surface area contributed by atoms with Gasteiger partial charge in [0.25, 0.3) is 0 Å². The Morgan fingerprint density at radius 2 is 1.90 bits per heavy atom. The maximum absolute atomic E-state index is 12.3. The molecule has 4 nitrogen and oxygen atoms in total. The zero-order valence-corrected chi connectivity index (χ0v) is 12.2. The Morgan fingerprint density at radius 3 is 2.67 bits per heavy atom. The van der Waals surface area contributed by atoms with Gasteiger partial charge < -0.3 is 16.0 Å². The van der Waals surface area contributed by atoms with E-state index in [1.165, 1.54) is 5.56 Å². The molecule has 1 aliphatic heterocycles. The minimum Gasteiger partial charge on any atom is -0.399 e. The fourth-order valence-electron chi connectivity index (χ4n) is 2.49. The van der Waals surface area contributed by atoms with Gasteiger partial charge in [-0.05, 0) is 53.9 Å². The fraction of sp³-hybridized carbons (Fsp3) is 0.188. The van der Waals surface area contributed by atoms with Crippen LogP contribution in [0.5, 0.6) is 0 Å². The van der Waals surface area contributed by atoms with Crippen molar-refractivity contribution in [1.82, 2.24) is 4.90 Å². The predicted molar refractivity (Wildman–Crippen MR) is 85.4 cm³/mol. The lowest BCUT2D eigenvalue weighted by molar-refractivity contribution is 0.206. The summed E-state index contributed by atoms with van der Waals surface area (Å²) in [6, 6.07) is 12.9. The molecule has 3 rings (SSSR count). The summed E-state index contributed by atoms with van der Waals surface area (Å²) in [5.74, 6) is 0. The Hall–Kier alpha value is -2.20. The number of urea groups is 1. The molecule has 0 saturated heterocycles. The topological polar surface area (TPSA) is 58.4 Å². The molecular weight excluding hydrogens is 286 g/mol. The van der Waals surface area contributed by atoms with Crippen LogP contribution in [0.2, 0.25) is 5.02 Å². The van der Waals surface area contributed by atoms with E-state index in [0.717, 1.165) is 23.4 Å². The van der Waals surface area contributed by atoms with Crippen LogP contribution in [0.25, 0.3) is 0 Å². The van der Waals surface area contributed by atoms with Crippen LogP contribution in [0.3, 0.4) is 0 Å². The number of nitrogens with zero attached hydrogens (tertiary/aromatic N) is 1. The number of nitrogen functional groups attached to an aromatic ring is 1. The van der Waals surface area contributed by atoms with Gasteiger partial charge in [0.1, 0.15) is 0 Å². The Labute approximate surface area is 128 Å². The van der Waals surface area contributed by atoms with Gasteiger partial charge >= 0.3 is 6.03 Å². The van der Waals surface area contributed by atoms with Crippen molar-refractivity contribution in [3.63, 3.8) is 0 Å². The molecular formula is C16H16ClN3O. The highest BCUT2D eigenvalue weighted by atomic mass is 35.5. The predicted octanol–water partition coefficient (Wildman–Crippen LogP) is 3.51. The van der Waals surface area contributed by atoms with Gasteiger partial charge in [-0.15, -0.1) is 0 Å². The highest BCUT2D eigenvalue weighted by Gasteiger charge is 2.20. The summed E-state index contributed by atoms with van der Waals surface area (Å²) in [6.07, 6.45) is 0.851. The van der Waals surface area contributed by atoms with Gasteiger partial charge in [0.15, 0.2) is 0 Å². The van der Waals surface area contributed by atoms with Crippen LogP contribution in [0, 0.1) is 0 Å². The number of halogens is 1. The number of fused-ring (bicyclic) bond motifs is 1. The molecule has 0 unspecified atom stereocenters. The van der Waals surface area contributed by atoms with Crippen molar-refractivity contribution in [3.05, 3.63) is 58.6 Å². The second-order valence-corrected chi connectivity index (χ2v) is 5.57. The first-order chi connectivity index (χ1) is 10.1. The summed E-state index contributed by atoms with van der Waals surface area (Å²) in [5.41, 5.74) is 9.66. The number of hydrogen-bond donors (Lipinski definition) is 2. The number of carbonyl (C=O) groups excluding carboxylic acids is 1. The molecule has 0 bridgehead atoms. The third kappa shape index (κ3) is 3.11. The molecule has 5 heteroatoms. The summed E-state index contributed by atoms with van der Waals surface area (Å²) in [7, 11) is 0. The van der Waals surface area contributed by atoms with Crippen LogP contribution < -0.4 is 11.1 Å². The Kier molecular flexibility index (Phi) is 3.71. The van der Waals surface area contributed by atoms with Crippen molar-refractivity contribution in [3.8, 4) is 0 Å². The second-order valence-electron chi connectivity index (χ2n) is 5.14. The van der Waals surface area contributed by atoms with E-state index in [-0.39, 0.29) is 6.03 Å². The quantitative estimate of drug-likeness (QED) is 0.792. The molecule has 1 aliphatic rings. The molecule has 21 heavy (non-hydrogen) atoms. The molecule has 0 aromatic heterocycles. The molecule has 1 heterocycles. The smallest absolute Gasteiger partial charge is 0.322 e. The van der Waals surface area contributed by atoms with E-state index in [1.807, 2.05) is 18.2 Å². The molecule has 108 valence electrons. The van der Waals surface area contributed by atoms with Crippen LogP contribution in [0.4, 0.5) is 16.2 Å². The van der Waals surface area contributed by atoms with E-state index >= 15 is 0 Å². The molecule has 2 aromatic carbocycles. The first-order valence-electron chi connectivity index (χ1n) is 6.80. The van der Waals surface area contributed by atoms with E-state index < -0.39 is 0 Å². The number of benzene rings is 2. The molecule has 2 amide bonds. The van der Waals surface area contributed by atoms with E-state index in [2.05, 4.69) is 5.32 Å². The summed E-state index contributed by atoms with van der Waals surface area (Å²) in [5, 5.41) is 3.53. The third-order valence-electron chi connectivity index (χ3n) is 3.63. The van der Waals surface area contributed by atoms with Crippen molar-refractivity contribution < 1.29 is 4.79 Å². The molecule has 0 radical (unpaired) electrons. The summed E-state index contributed by atoms with van der Waals surface area (Å²) in [4.78, 5) is 14.1. The lowest BCUT2D eigenvalue weighted by Gasteiger charge is -2.29. The lowest BCUT2D eigenvalue weighted by atomic mass is 9.99. The normalized spacial score (nSPS) is 13.7. The second kappa shape index (κ2) is 5.66. The Morgan fingerprint density at radius 1 is 1.14 bits per heavy atom. The van der Waals surface area contributed by atoms with E-state index in [0.29, 0.717) is 18.1 Å². The van der Waals surface area contributed by atoms with Gasteiger partial charge in [0.05, 0.1) is 0 Å². The first-order valence-corrected chi connectivity index (χ1v) is 7.18. The van der Waals surface area contributed by atoms with Crippen molar-refractivity contribution in [2.24, 2.45) is 0 Å². The monoisotopic (exact) mass is 301 g/mol. The van der Waals surface area contributed by atoms with E-state index in [1.54, 1.807) is 29.2 Å². The van der Waals surface area contributed by atoms with Gasteiger partial charge in [0.2, 0.25) is 0 Å². The number of rotatable bonds is 1. The number of hydrogen-bond acceptors (Lipinski definition) is 2. The molecule has 0 saturated carbocycles. The van der Waals surface area contributed by atoms with Gasteiger partial charge in [-0.25, -0.2) is 4.79 Å².